The van der Waals surface area contributed by atoms with E-state index < -0.39 is 6.10 Å². The van der Waals surface area contributed by atoms with Gasteiger partial charge in [-0.1, -0.05) is 24.3 Å². The minimum absolute atomic E-state index is 0.197. The van der Waals surface area contributed by atoms with E-state index in [1.807, 2.05) is 37.4 Å². The molecule has 30 heavy (non-hydrogen) atoms. The van der Waals surface area contributed by atoms with Gasteiger partial charge in [-0.25, -0.2) is 0 Å². The summed E-state index contributed by atoms with van der Waals surface area (Å²) < 4.78 is 6.00. The lowest BCUT2D eigenvalue weighted by Crippen LogP contribution is -2.49. The van der Waals surface area contributed by atoms with E-state index in [2.05, 4.69) is 32.1 Å². The van der Waals surface area contributed by atoms with Gasteiger partial charge in [0.15, 0.2) is 0 Å². The van der Waals surface area contributed by atoms with Crippen molar-refractivity contribution in [2.75, 3.05) is 52.5 Å². The van der Waals surface area contributed by atoms with Crippen LogP contribution in [0.15, 0.2) is 42.6 Å². The van der Waals surface area contributed by atoms with E-state index in [9.17, 15) is 5.11 Å². The molecule has 2 heterocycles. The largest absolute Gasteiger partial charge is 0.491 e. The van der Waals surface area contributed by atoms with Gasteiger partial charge in [-0.05, 0) is 35.4 Å². The molecule has 2 aromatic carbocycles. The Morgan fingerprint density at radius 1 is 1.10 bits per heavy atom. The van der Waals surface area contributed by atoms with E-state index in [4.69, 9.17) is 9.84 Å². The first-order valence-corrected chi connectivity index (χ1v) is 10.5. The summed E-state index contributed by atoms with van der Waals surface area (Å²) in [5.41, 5.74) is 3.14. The first kappa shape index (κ1) is 20.8. The SMILES string of the molecule is Cc1[nH]ncc1-c1cc(OCC(O)CN2CCN(CCO)CC2)cc2ccccc12. The van der Waals surface area contributed by atoms with Crippen molar-refractivity contribution in [3.8, 4) is 16.9 Å². The molecular formula is C23H30N4O3. The number of hydrogen-bond acceptors (Lipinski definition) is 6. The minimum Gasteiger partial charge on any atom is -0.491 e. The first-order chi connectivity index (χ1) is 14.6. The predicted molar refractivity (Wildman–Crippen MR) is 118 cm³/mol. The van der Waals surface area contributed by atoms with Crippen molar-refractivity contribution in [2.45, 2.75) is 13.0 Å². The Kier molecular flexibility index (Phi) is 6.64. The number of aryl methyl sites for hydroxylation is 1. The Hall–Kier alpha value is -2.45. The van der Waals surface area contributed by atoms with E-state index >= 15 is 0 Å². The highest BCUT2D eigenvalue weighted by Gasteiger charge is 2.19. The number of nitrogens with zero attached hydrogens (tertiary/aromatic N) is 3. The van der Waals surface area contributed by atoms with Crippen LogP contribution in [0.25, 0.3) is 21.9 Å². The fourth-order valence-corrected chi connectivity index (χ4v) is 4.09. The molecule has 1 aliphatic heterocycles. The zero-order chi connectivity index (χ0) is 20.9. The summed E-state index contributed by atoms with van der Waals surface area (Å²) in [6.07, 6.45) is 1.28. The highest BCUT2D eigenvalue weighted by Crippen LogP contribution is 2.34. The maximum Gasteiger partial charge on any atom is 0.120 e. The van der Waals surface area contributed by atoms with Gasteiger partial charge in [0.1, 0.15) is 18.5 Å². The predicted octanol–water partition coefficient (Wildman–Crippen LogP) is 1.89. The number of aliphatic hydroxyl groups is 2. The second kappa shape index (κ2) is 9.57. The van der Waals surface area contributed by atoms with Crippen molar-refractivity contribution < 1.29 is 14.9 Å². The van der Waals surface area contributed by atoms with E-state index in [1.165, 1.54) is 0 Å². The second-order valence-electron chi connectivity index (χ2n) is 7.93. The van der Waals surface area contributed by atoms with Gasteiger partial charge >= 0.3 is 0 Å². The number of β-amino-alcohol motifs (C(OH)–C–C–N with tert-alkyl or cyclic N) is 2. The molecule has 0 bridgehead atoms. The van der Waals surface area contributed by atoms with Gasteiger partial charge < -0.3 is 14.9 Å². The number of hydrogen-bond donors (Lipinski definition) is 3. The van der Waals surface area contributed by atoms with Crippen LogP contribution in [0.1, 0.15) is 5.69 Å². The highest BCUT2D eigenvalue weighted by atomic mass is 16.5. The molecule has 1 fully saturated rings. The number of H-pyrrole nitrogens is 1. The molecule has 7 heteroatoms. The second-order valence-corrected chi connectivity index (χ2v) is 7.93. The van der Waals surface area contributed by atoms with Crippen molar-refractivity contribution in [3.63, 3.8) is 0 Å². The van der Waals surface area contributed by atoms with Crippen molar-refractivity contribution in [1.82, 2.24) is 20.0 Å². The Morgan fingerprint density at radius 3 is 2.60 bits per heavy atom. The number of nitrogens with one attached hydrogen (secondary N) is 1. The molecule has 4 rings (SSSR count). The Morgan fingerprint density at radius 2 is 1.87 bits per heavy atom. The van der Waals surface area contributed by atoms with Gasteiger partial charge in [-0.3, -0.25) is 14.9 Å². The Labute approximate surface area is 176 Å². The summed E-state index contributed by atoms with van der Waals surface area (Å²) in [5.74, 6) is 0.746. The van der Waals surface area contributed by atoms with Gasteiger partial charge in [-0.15, -0.1) is 0 Å². The van der Waals surface area contributed by atoms with Gasteiger partial charge in [0.2, 0.25) is 0 Å². The number of fused-ring (bicyclic) bond motifs is 1. The van der Waals surface area contributed by atoms with Crippen molar-refractivity contribution in [1.29, 1.82) is 0 Å². The van der Waals surface area contributed by atoms with Crippen molar-refractivity contribution in [3.05, 3.63) is 48.3 Å². The number of ether oxygens (including phenoxy) is 1. The smallest absolute Gasteiger partial charge is 0.120 e. The van der Waals surface area contributed by atoms with Crippen LogP contribution in [0.5, 0.6) is 5.75 Å². The van der Waals surface area contributed by atoms with Crippen molar-refractivity contribution in [2.24, 2.45) is 0 Å². The summed E-state index contributed by atoms with van der Waals surface area (Å²) in [6.45, 7) is 7.41. The molecule has 1 saturated heterocycles. The Bertz CT molecular complexity index is 966. The number of aromatic nitrogens is 2. The molecule has 1 aromatic heterocycles. The normalized spacial score (nSPS) is 16.8. The lowest BCUT2D eigenvalue weighted by molar-refractivity contribution is 0.0429. The lowest BCUT2D eigenvalue weighted by Gasteiger charge is -2.35. The maximum atomic E-state index is 10.5. The van der Waals surface area contributed by atoms with Crippen LogP contribution in [0.3, 0.4) is 0 Å². The molecule has 0 spiro atoms. The third-order valence-electron chi connectivity index (χ3n) is 5.75. The fraction of sp³-hybridized carbons (Fsp3) is 0.435. The van der Waals surface area contributed by atoms with E-state index in [1.54, 1.807) is 0 Å². The van der Waals surface area contributed by atoms with Crippen LogP contribution in [-0.2, 0) is 0 Å². The molecule has 0 amide bonds. The average Bonchev–Trinajstić information content (AvgIpc) is 3.19. The van der Waals surface area contributed by atoms with Gasteiger partial charge in [-0.2, -0.15) is 5.10 Å². The summed E-state index contributed by atoms with van der Waals surface area (Å²) in [4.78, 5) is 4.50. The van der Waals surface area contributed by atoms with E-state index in [-0.39, 0.29) is 13.2 Å². The molecule has 0 aliphatic carbocycles. The zero-order valence-corrected chi connectivity index (χ0v) is 17.4. The molecule has 7 nitrogen and oxygen atoms in total. The fourth-order valence-electron chi connectivity index (χ4n) is 4.09. The number of aliphatic hydroxyl groups excluding tert-OH is 2. The molecule has 0 saturated carbocycles. The standard InChI is InChI=1S/C23H30N4O3/c1-17-23(14-24-25-17)22-13-20(12-18-4-2-3-5-21(18)22)30-16-19(29)15-27-8-6-26(7-9-27)10-11-28/h2-5,12-14,19,28-29H,6-11,15-16H2,1H3,(H,24,25). The first-order valence-electron chi connectivity index (χ1n) is 10.5. The van der Waals surface area contributed by atoms with E-state index in [0.29, 0.717) is 6.54 Å². The number of aromatic amines is 1. The van der Waals surface area contributed by atoms with Crippen LogP contribution < -0.4 is 4.74 Å². The van der Waals surface area contributed by atoms with Crippen LogP contribution in [0, 0.1) is 6.92 Å². The zero-order valence-electron chi connectivity index (χ0n) is 17.4. The van der Waals surface area contributed by atoms with E-state index in [0.717, 1.165) is 66.1 Å². The lowest BCUT2D eigenvalue weighted by atomic mass is 9.98. The molecule has 1 unspecified atom stereocenters. The number of benzene rings is 2. The molecule has 0 radical (unpaired) electrons. The summed E-state index contributed by atoms with van der Waals surface area (Å²) in [6, 6.07) is 12.3. The summed E-state index contributed by atoms with van der Waals surface area (Å²) in [7, 11) is 0. The molecule has 3 N–H and O–H groups in total. The monoisotopic (exact) mass is 410 g/mol. The van der Waals surface area contributed by atoms with Gasteiger partial charge in [0.25, 0.3) is 0 Å². The van der Waals surface area contributed by atoms with Crippen LogP contribution in [0.2, 0.25) is 0 Å². The molecule has 1 atom stereocenters. The summed E-state index contributed by atoms with van der Waals surface area (Å²) >= 11 is 0. The molecule has 160 valence electrons. The van der Waals surface area contributed by atoms with Gasteiger partial charge in [0, 0.05) is 50.5 Å². The molecular weight excluding hydrogens is 380 g/mol. The third-order valence-corrected chi connectivity index (χ3v) is 5.75. The average molecular weight is 411 g/mol. The maximum absolute atomic E-state index is 10.5. The van der Waals surface area contributed by atoms with Gasteiger partial charge in [0.05, 0.1) is 12.8 Å². The molecule has 1 aliphatic rings. The number of piperazine rings is 1. The van der Waals surface area contributed by atoms with Crippen LogP contribution in [0.4, 0.5) is 0 Å². The van der Waals surface area contributed by atoms with Crippen molar-refractivity contribution >= 4 is 10.8 Å². The number of rotatable bonds is 8. The minimum atomic E-state index is -0.556. The third kappa shape index (κ3) is 4.82. The Balaban J connectivity index is 1.41. The summed E-state index contributed by atoms with van der Waals surface area (Å²) in [5, 5.41) is 29.0. The molecule has 3 aromatic rings. The quantitative estimate of drug-likeness (QED) is 0.526. The van der Waals surface area contributed by atoms with Crippen LogP contribution >= 0.6 is 0 Å². The topological polar surface area (TPSA) is 84.9 Å². The highest BCUT2D eigenvalue weighted by molar-refractivity contribution is 5.98. The van der Waals surface area contributed by atoms with Crippen LogP contribution in [-0.4, -0.2) is 88.8 Å².